The van der Waals surface area contributed by atoms with Crippen LogP contribution in [-0.2, 0) is 11.2 Å². The van der Waals surface area contributed by atoms with Gasteiger partial charge in [-0.25, -0.2) is 9.97 Å². The summed E-state index contributed by atoms with van der Waals surface area (Å²) in [5.41, 5.74) is 2.65. The maximum absolute atomic E-state index is 12.2. The topological polar surface area (TPSA) is 70.2 Å². The molecule has 0 aliphatic rings. The zero-order chi connectivity index (χ0) is 20.6. The van der Waals surface area contributed by atoms with Gasteiger partial charge < -0.3 is 15.5 Å². The van der Waals surface area contributed by atoms with Crippen LogP contribution in [0, 0.1) is 6.92 Å². The van der Waals surface area contributed by atoms with E-state index in [4.69, 9.17) is 0 Å². The van der Waals surface area contributed by atoms with Crippen molar-refractivity contribution in [3.05, 3.63) is 72.1 Å². The molecule has 0 fully saturated rings. The zero-order valence-electron chi connectivity index (χ0n) is 17.1. The Morgan fingerprint density at radius 2 is 1.59 bits per heavy atom. The van der Waals surface area contributed by atoms with E-state index in [9.17, 15) is 4.79 Å². The van der Waals surface area contributed by atoms with Crippen molar-refractivity contribution in [1.82, 2.24) is 9.97 Å². The summed E-state index contributed by atoms with van der Waals surface area (Å²) >= 11 is 0. The number of carbonyl (C=O) groups is 1. The van der Waals surface area contributed by atoms with E-state index < -0.39 is 0 Å². The average molecular weight is 390 g/mol. The smallest absolute Gasteiger partial charge is 0.228 e. The molecule has 6 heteroatoms. The minimum Gasteiger partial charge on any atom is -0.357 e. The monoisotopic (exact) mass is 389 g/mol. The molecule has 0 aliphatic heterocycles. The van der Waals surface area contributed by atoms with Crippen LogP contribution in [0.5, 0.6) is 0 Å². The average Bonchev–Trinajstić information content (AvgIpc) is 2.71. The molecule has 2 N–H and O–H groups in total. The van der Waals surface area contributed by atoms with Crippen LogP contribution in [0.3, 0.4) is 0 Å². The Hall–Kier alpha value is -3.41. The molecular weight excluding hydrogens is 362 g/mol. The lowest BCUT2D eigenvalue weighted by Crippen LogP contribution is -2.23. The molecule has 0 atom stereocenters. The van der Waals surface area contributed by atoms with Gasteiger partial charge in [-0.05, 0) is 50.6 Å². The van der Waals surface area contributed by atoms with Gasteiger partial charge in [0.15, 0.2) is 0 Å². The van der Waals surface area contributed by atoms with E-state index in [1.54, 1.807) is 0 Å². The lowest BCUT2D eigenvalue weighted by Gasteiger charge is -2.20. The second-order valence-electron chi connectivity index (χ2n) is 6.74. The fourth-order valence-electron chi connectivity index (χ4n) is 3.10. The summed E-state index contributed by atoms with van der Waals surface area (Å²) in [5, 5.41) is 6.25. The van der Waals surface area contributed by atoms with E-state index in [1.165, 1.54) is 0 Å². The number of amides is 1. The Balaban J connectivity index is 1.64. The fourth-order valence-corrected chi connectivity index (χ4v) is 3.10. The highest BCUT2D eigenvalue weighted by Gasteiger charge is 2.08. The van der Waals surface area contributed by atoms with Crippen molar-refractivity contribution in [2.24, 2.45) is 0 Å². The van der Waals surface area contributed by atoms with Crippen LogP contribution in [0.2, 0.25) is 0 Å². The molecule has 3 rings (SSSR count). The number of aryl methyl sites for hydroxylation is 1. The third-order valence-electron chi connectivity index (χ3n) is 4.56. The number of nitrogens with one attached hydrogen (secondary N) is 2. The van der Waals surface area contributed by atoms with E-state index in [2.05, 4.69) is 39.3 Å². The quantitative estimate of drug-likeness (QED) is 0.591. The summed E-state index contributed by atoms with van der Waals surface area (Å²) in [4.78, 5) is 23.4. The third kappa shape index (κ3) is 5.78. The van der Waals surface area contributed by atoms with Crippen LogP contribution in [0.15, 0.2) is 60.7 Å². The van der Waals surface area contributed by atoms with Gasteiger partial charge in [-0.1, -0.05) is 30.3 Å². The molecule has 2 aromatic carbocycles. The van der Waals surface area contributed by atoms with E-state index >= 15 is 0 Å². The van der Waals surface area contributed by atoms with E-state index in [0.717, 1.165) is 47.5 Å². The first kappa shape index (κ1) is 20.3. The first-order chi connectivity index (χ1) is 14.1. The molecule has 0 saturated carbocycles. The Kier molecular flexibility index (Phi) is 6.79. The molecule has 0 bridgehead atoms. The normalized spacial score (nSPS) is 10.4. The molecule has 0 radical (unpaired) electrons. The molecular formula is C23H27N5O. The van der Waals surface area contributed by atoms with Crippen molar-refractivity contribution < 1.29 is 4.79 Å². The number of anilines is 4. The predicted octanol–water partition coefficient (Wildman–Crippen LogP) is 4.56. The molecule has 1 heterocycles. The first-order valence-corrected chi connectivity index (χ1v) is 9.89. The Morgan fingerprint density at radius 1 is 0.931 bits per heavy atom. The summed E-state index contributed by atoms with van der Waals surface area (Å²) < 4.78 is 0. The molecule has 3 aromatic rings. The number of rotatable bonds is 8. The van der Waals surface area contributed by atoms with Crippen LogP contribution in [-0.4, -0.2) is 29.0 Å². The number of hydrogen-bond acceptors (Lipinski definition) is 5. The van der Waals surface area contributed by atoms with E-state index in [1.807, 2.05) is 67.6 Å². The minimum absolute atomic E-state index is 0.0350. The molecule has 29 heavy (non-hydrogen) atoms. The first-order valence-electron chi connectivity index (χ1n) is 9.89. The molecule has 1 aromatic heterocycles. The highest BCUT2D eigenvalue weighted by molar-refractivity contribution is 5.92. The van der Waals surface area contributed by atoms with Gasteiger partial charge in [0.25, 0.3) is 0 Å². The molecule has 1 amide bonds. The largest absolute Gasteiger partial charge is 0.357 e. The number of aromatic nitrogens is 2. The summed E-state index contributed by atoms with van der Waals surface area (Å²) in [5.74, 6) is 2.35. The van der Waals surface area contributed by atoms with Crippen molar-refractivity contribution in [3.8, 4) is 0 Å². The van der Waals surface area contributed by atoms with Crippen molar-refractivity contribution in [2.75, 3.05) is 28.6 Å². The van der Waals surface area contributed by atoms with Crippen molar-refractivity contribution in [2.45, 2.75) is 27.2 Å². The second-order valence-corrected chi connectivity index (χ2v) is 6.74. The van der Waals surface area contributed by atoms with Gasteiger partial charge in [0, 0.05) is 30.5 Å². The van der Waals surface area contributed by atoms with Gasteiger partial charge in [0.2, 0.25) is 5.91 Å². The molecule has 6 nitrogen and oxygen atoms in total. The van der Waals surface area contributed by atoms with Crippen LogP contribution in [0.4, 0.5) is 23.0 Å². The summed E-state index contributed by atoms with van der Waals surface area (Å²) in [6, 6.07) is 19.3. The summed E-state index contributed by atoms with van der Waals surface area (Å²) in [6.45, 7) is 7.90. The number of benzene rings is 2. The molecule has 0 aliphatic carbocycles. The number of nitrogens with zero attached hydrogens (tertiary/aromatic N) is 3. The SMILES string of the molecule is CCN(CC)c1cc(Nc2ccc(NC(=O)Cc3ccccc3)cc2)nc(C)n1. The Bertz CT molecular complexity index is 937. The van der Waals surface area contributed by atoms with Gasteiger partial charge in [-0.15, -0.1) is 0 Å². The van der Waals surface area contributed by atoms with Crippen molar-refractivity contribution in [3.63, 3.8) is 0 Å². The highest BCUT2D eigenvalue weighted by atomic mass is 16.1. The lowest BCUT2D eigenvalue weighted by molar-refractivity contribution is -0.115. The molecule has 150 valence electrons. The Morgan fingerprint density at radius 3 is 2.24 bits per heavy atom. The van der Waals surface area contributed by atoms with Crippen LogP contribution >= 0.6 is 0 Å². The summed E-state index contributed by atoms with van der Waals surface area (Å²) in [7, 11) is 0. The van der Waals surface area contributed by atoms with E-state index in [0.29, 0.717) is 6.42 Å². The van der Waals surface area contributed by atoms with Crippen molar-refractivity contribution >= 4 is 28.9 Å². The second kappa shape index (κ2) is 9.68. The summed E-state index contributed by atoms with van der Waals surface area (Å²) in [6.07, 6.45) is 0.356. The zero-order valence-corrected chi connectivity index (χ0v) is 17.1. The maximum Gasteiger partial charge on any atom is 0.228 e. The van der Waals surface area contributed by atoms with Gasteiger partial charge in [0.1, 0.15) is 17.5 Å². The van der Waals surface area contributed by atoms with Gasteiger partial charge in [-0.2, -0.15) is 0 Å². The minimum atomic E-state index is -0.0350. The van der Waals surface area contributed by atoms with Gasteiger partial charge in [-0.3, -0.25) is 4.79 Å². The van der Waals surface area contributed by atoms with E-state index in [-0.39, 0.29) is 5.91 Å². The van der Waals surface area contributed by atoms with Crippen LogP contribution < -0.4 is 15.5 Å². The van der Waals surface area contributed by atoms with Gasteiger partial charge >= 0.3 is 0 Å². The number of carbonyl (C=O) groups excluding carboxylic acids is 1. The standard InChI is InChI=1S/C23H27N5O/c1-4-28(5-2)22-16-21(24-17(3)25-22)26-19-11-13-20(14-12-19)27-23(29)15-18-9-7-6-8-10-18/h6-14,16H,4-5,15H2,1-3H3,(H,27,29)(H,24,25,26). The Labute approximate surface area is 172 Å². The maximum atomic E-state index is 12.2. The van der Waals surface area contributed by atoms with Crippen LogP contribution in [0.1, 0.15) is 25.2 Å². The van der Waals surface area contributed by atoms with Crippen molar-refractivity contribution in [1.29, 1.82) is 0 Å². The third-order valence-corrected chi connectivity index (χ3v) is 4.56. The van der Waals surface area contributed by atoms with Crippen LogP contribution in [0.25, 0.3) is 0 Å². The molecule has 0 spiro atoms. The predicted molar refractivity (Wildman–Crippen MR) is 119 cm³/mol. The van der Waals surface area contributed by atoms with Gasteiger partial charge in [0.05, 0.1) is 6.42 Å². The number of hydrogen-bond donors (Lipinski definition) is 2. The highest BCUT2D eigenvalue weighted by Crippen LogP contribution is 2.21. The fraction of sp³-hybridized carbons (Fsp3) is 0.261. The molecule has 0 unspecified atom stereocenters. The molecule has 0 saturated heterocycles. The lowest BCUT2D eigenvalue weighted by atomic mass is 10.1.